The van der Waals surface area contributed by atoms with Gasteiger partial charge < -0.3 is 34.8 Å². The molecule has 2 saturated carbocycles. The summed E-state index contributed by atoms with van der Waals surface area (Å²) in [6, 6.07) is 0.312. The summed E-state index contributed by atoms with van der Waals surface area (Å²) in [5.41, 5.74) is 0.332. The van der Waals surface area contributed by atoms with Gasteiger partial charge in [-0.15, -0.1) is 0 Å². The van der Waals surface area contributed by atoms with E-state index in [1.807, 2.05) is 0 Å². The lowest BCUT2D eigenvalue weighted by atomic mass is 10.1. The summed E-state index contributed by atoms with van der Waals surface area (Å²) < 4.78 is 22.9. The predicted octanol–water partition coefficient (Wildman–Crippen LogP) is 0.461. The maximum absolute atomic E-state index is 10.9. The van der Waals surface area contributed by atoms with E-state index in [1.54, 1.807) is 6.20 Å². The Morgan fingerprint density at radius 3 is 2.68 bits per heavy atom. The second-order valence-electron chi connectivity index (χ2n) is 8.45. The molecule has 2 unspecified atom stereocenters. The zero-order chi connectivity index (χ0) is 21.9. The minimum Gasteiger partial charge on any atom is -0.387 e. The first-order valence-electron chi connectivity index (χ1n) is 10.0. The molecule has 3 fully saturated rings. The first-order chi connectivity index (χ1) is 14.7. The molecule has 3 aliphatic rings. The first kappa shape index (κ1) is 21.5. The molecule has 0 radical (unpaired) electrons. The van der Waals surface area contributed by atoms with Crippen molar-refractivity contribution in [2.75, 3.05) is 18.3 Å². The molecule has 0 spiro atoms. The van der Waals surface area contributed by atoms with Gasteiger partial charge in [0.15, 0.2) is 11.9 Å². The van der Waals surface area contributed by atoms with Crippen molar-refractivity contribution >= 4 is 36.0 Å². The molecule has 2 aromatic heterocycles. The van der Waals surface area contributed by atoms with Crippen molar-refractivity contribution in [1.29, 1.82) is 0 Å². The normalized spacial score (nSPS) is 34.9. The predicted molar refractivity (Wildman–Crippen MR) is 107 cm³/mol. The SMILES string of the molecule is O=P(O)(O)COC[C@H]1O[C@@H](n2ncc3c(NC4CC5CC5C4)nc(Cl)nc32)[C@H](O)[C@@H]1O. The summed E-state index contributed by atoms with van der Waals surface area (Å²) in [5, 5.41) is 29.1. The van der Waals surface area contributed by atoms with Crippen molar-refractivity contribution in [3.8, 4) is 0 Å². The van der Waals surface area contributed by atoms with Gasteiger partial charge in [-0.1, -0.05) is 0 Å². The second kappa shape index (κ2) is 7.89. The molecule has 0 amide bonds. The van der Waals surface area contributed by atoms with Gasteiger partial charge in [-0.3, -0.25) is 4.57 Å². The standard InChI is InChI=1S/C17H23ClN5O7P/c18-17-21-14(20-9-2-7-1-8(7)3-9)10-4-19-23(15(10)22-17)16-13(25)12(24)11(30-16)5-29-6-31(26,27)28/h4,7-9,11-13,16,24-25H,1-3,5-6H2,(H,20,21,22)(H2,26,27,28)/t7?,8?,9?,11-,12-,13-,16-/m1/s1. The first-order valence-corrected chi connectivity index (χ1v) is 12.2. The van der Waals surface area contributed by atoms with Crippen LogP contribution in [-0.4, -0.2) is 77.1 Å². The number of hydrogen-bond acceptors (Lipinski definition) is 9. The molecular formula is C17H23ClN5O7P. The van der Waals surface area contributed by atoms with Gasteiger partial charge in [0, 0.05) is 6.04 Å². The molecule has 5 rings (SSSR count). The monoisotopic (exact) mass is 475 g/mol. The van der Waals surface area contributed by atoms with Crippen LogP contribution < -0.4 is 5.32 Å². The lowest BCUT2D eigenvalue weighted by Crippen LogP contribution is -2.34. The Morgan fingerprint density at radius 1 is 1.23 bits per heavy atom. The van der Waals surface area contributed by atoms with Gasteiger partial charge in [-0.2, -0.15) is 15.1 Å². The molecule has 5 N–H and O–H groups in total. The number of fused-ring (bicyclic) bond motifs is 2. The number of nitrogens with zero attached hydrogens (tertiary/aromatic N) is 4. The van der Waals surface area contributed by atoms with Gasteiger partial charge in [-0.25, -0.2) is 4.68 Å². The summed E-state index contributed by atoms with van der Waals surface area (Å²) in [6.07, 6.45) is -0.590. The molecule has 1 aliphatic heterocycles. The van der Waals surface area contributed by atoms with Crippen LogP contribution >= 0.6 is 19.2 Å². The van der Waals surface area contributed by atoms with E-state index in [-0.39, 0.29) is 11.9 Å². The Bertz CT molecular complexity index is 1020. The number of hydrogen-bond donors (Lipinski definition) is 5. The summed E-state index contributed by atoms with van der Waals surface area (Å²) >= 11 is 6.14. The van der Waals surface area contributed by atoms with Crippen LogP contribution in [0.25, 0.3) is 11.0 Å². The Kier molecular flexibility index (Phi) is 5.47. The molecule has 0 aromatic carbocycles. The Morgan fingerprint density at radius 2 is 1.97 bits per heavy atom. The Hall–Kier alpha value is -1.37. The van der Waals surface area contributed by atoms with Crippen LogP contribution in [0.5, 0.6) is 0 Å². The number of aliphatic hydroxyl groups excluding tert-OH is 2. The summed E-state index contributed by atoms with van der Waals surface area (Å²) in [7, 11) is -4.36. The van der Waals surface area contributed by atoms with Gasteiger partial charge in [0.1, 0.15) is 30.5 Å². The van der Waals surface area contributed by atoms with E-state index in [0.29, 0.717) is 22.9 Å². The zero-order valence-electron chi connectivity index (χ0n) is 16.3. The quantitative estimate of drug-likeness (QED) is 0.278. The average Bonchev–Trinajstić information content (AvgIpc) is 2.98. The average molecular weight is 476 g/mol. The number of halogens is 1. The minimum atomic E-state index is -4.36. The smallest absolute Gasteiger partial charge is 0.350 e. The van der Waals surface area contributed by atoms with Crippen LogP contribution in [0.1, 0.15) is 25.5 Å². The second-order valence-corrected chi connectivity index (χ2v) is 10.4. The molecular weight excluding hydrogens is 453 g/mol. The molecule has 0 bridgehead atoms. The van der Waals surface area contributed by atoms with Gasteiger partial charge in [-0.05, 0) is 42.7 Å². The number of aromatic nitrogens is 4. The summed E-state index contributed by atoms with van der Waals surface area (Å²) in [6.45, 7) is -0.314. The van der Waals surface area contributed by atoms with Crippen LogP contribution in [0.4, 0.5) is 5.82 Å². The fraction of sp³-hybridized carbons (Fsp3) is 0.706. The molecule has 12 nitrogen and oxygen atoms in total. The van der Waals surface area contributed by atoms with Crippen molar-refractivity contribution in [2.45, 2.75) is 49.8 Å². The van der Waals surface area contributed by atoms with E-state index >= 15 is 0 Å². The molecule has 170 valence electrons. The molecule has 6 atom stereocenters. The van der Waals surface area contributed by atoms with E-state index in [2.05, 4.69) is 20.4 Å². The minimum absolute atomic E-state index is 0.00877. The van der Waals surface area contributed by atoms with E-state index in [1.165, 1.54) is 11.1 Å². The van der Waals surface area contributed by atoms with Gasteiger partial charge in [0.2, 0.25) is 5.28 Å². The van der Waals surface area contributed by atoms with Crippen LogP contribution in [-0.2, 0) is 14.0 Å². The third kappa shape index (κ3) is 4.31. The highest BCUT2D eigenvalue weighted by atomic mass is 35.5. The highest BCUT2D eigenvalue weighted by Crippen LogP contribution is 2.52. The van der Waals surface area contributed by atoms with Gasteiger partial charge in [0.25, 0.3) is 0 Å². The molecule has 14 heteroatoms. The lowest BCUT2D eigenvalue weighted by molar-refractivity contribution is -0.0658. The maximum atomic E-state index is 10.9. The van der Waals surface area contributed by atoms with Crippen LogP contribution in [0.3, 0.4) is 0 Å². The largest absolute Gasteiger partial charge is 0.387 e. The van der Waals surface area contributed by atoms with Gasteiger partial charge in [0.05, 0.1) is 18.2 Å². The number of aliphatic hydroxyl groups is 2. The zero-order valence-corrected chi connectivity index (χ0v) is 17.9. The maximum Gasteiger partial charge on any atom is 0.350 e. The third-order valence-corrected chi connectivity index (χ3v) is 6.82. The van der Waals surface area contributed by atoms with Crippen LogP contribution in [0.15, 0.2) is 6.20 Å². The molecule has 2 aliphatic carbocycles. The van der Waals surface area contributed by atoms with Crippen molar-refractivity contribution in [3.63, 3.8) is 0 Å². The Balaban J connectivity index is 1.35. The summed E-state index contributed by atoms with van der Waals surface area (Å²) in [4.78, 5) is 26.3. The molecule has 31 heavy (non-hydrogen) atoms. The van der Waals surface area contributed by atoms with Crippen molar-refractivity contribution in [3.05, 3.63) is 11.5 Å². The van der Waals surface area contributed by atoms with Gasteiger partial charge >= 0.3 is 7.60 Å². The molecule has 1 saturated heterocycles. The van der Waals surface area contributed by atoms with E-state index in [9.17, 15) is 14.8 Å². The number of rotatable bonds is 7. The highest BCUT2D eigenvalue weighted by Gasteiger charge is 2.47. The van der Waals surface area contributed by atoms with Crippen molar-refractivity contribution in [2.24, 2.45) is 11.8 Å². The molecule has 3 heterocycles. The van der Waals surface area contributed by atoms with Crippen LogP contribution in [0, 0.1) is 11.8 Å². The number of ether oxygens (including phenoxy) is 2. The molecule has 2 aromatic rings. The number of nitrogens with one attached hydrogen (secondary N) is 1. The van der Waals surface area contributed by atoms with E-state index in [4.69, 9.17) is 30.9 Å². The fourth-order valence-corrected chi connectivity index (χ4v) is 5.09. The highest BCUT2D eigenvalue weighted by molar-refractivity contribution is 7.51. The topological polar surface area (TPSA) is 172 Å². The van der Waals surface area contributed by atoms with Crippen LogP contribution in [0.2, 0.25) is 5.28 Å². The van der Waals surface area contributed by atoms with E-state index in [0.717, 1.165) is 24.7 Å². The van der Waals surface area contributed by atoms with Crippen molar-refractivity contribution in [1.82, 2.24) is 19.7 Å². The van der Waals surface area contributed by atoms with E-state index < -0.39 is 38.5 Å². The fourth-order valence-electron chi connectivity index (χ4n) is 4.58. The third-order valence-electron chi connectivity index (χ3n) is 6.13. The summed E-state index contributed by atoms with van der Waals surface area (Å²) in [5.74, 6) is 2.14. The van der Waals surface area contributed by atoms with Crippen molar-refractivity contribution < 1.29 is 34.0 Å². The lowest BCUT2D eigenvalue weighted by Gasteiger charge is -2.17. The Labute approximate surface area is 181 Å². The number of anilines is 1.